The van der Waals surface area contributed by atoms with E-state index in [1.165, 1.54) is 37.5 Å². The van der Waals surface area contributed by atoms with E-state index in [9.17, 15) is 24.5 Å². The smallest absolute Gasteiger partial charge is 0.350 e. The molecule has 1 aliphatic heterocycles. The summed E-state index contributed by atoms with van der Waals surface area (Å²) in [5.41, 5.74) is -1.52. The molecule has 5 rings (SSSR count). The Hall–Kier alpha value is -4.21. The molecule has 10 nitrogen and oxygen atoms in total. The lowest BCUT2D eigenvalue weighted by atomic mass is 9.44. The second-order valence-corrected chi connectivity index (χ2v) is 10.9. The van der Waals surface area contributed by atoms with Crippen molar-refractivity contribution in [3.8, 4) is 0 Å². The minimum absolute atomic E-state index is 0.189. The minimum atomic E-state index is -1.06. The Morgan fingerprint density at radius 1 is 1.18 bits per heavy atom. The Morgan fingerprint density at radius 2 is 1.92 bits per heavy atom. The van der Waals surface area contributed by atoms with Gasteiger partial charge in [-0.1, -0.05) is 32.6 Å². The lowest BCUT2D eigenvalue weighted by Crippen LogP contribution is -2.60. The molecule has 10 heteroatoms. The molecule has 0 radical (unpaired) electrons. The lowest BCUT2D eigenvalue weighted by Gasteiger charge is -2.60. The summed E-state index contributed by atoms with van der Waals surface area (Å²) in [5.74, 6) is -3.68. The van der Waals surface area contributed by atoms with Crippen molar-refractivity contribution in [1.82, 2.24) is 0 Å². The van der Waals surface area contributed by atoms with Gasteiger partial charge in [0.15, 0.2) is 5.76 Å². The van der Waals surface area contributed by atoms with Gasteiger partial charge in [0.05, 0.1) is 36.2 Å². The number of fused-ring (bicyclic) bond motifs is 3. The maximum absolute atomic E-state index is 14.2. The van der Waals surface area contributed by atoms with Crippen LogP contribution in [0, 0.1) is 38.7 Å². The van der Waals surface area contributed by atoms with Crippen LogP contribution < -0.4 is 0 Å². The first-order valence-corrected chi connectivity index (χ1v) is 12.7. The minimum Gasteiger partial charge on any atom is -0.490 e. The Bertz CT molecular complexity index is 1390. The van der Waals surface area contributed by atoms with Crippen molar-refractivity contribution >= 4 is 23.4 Å². The monoisotopic (exact) mass is 535 g/mol. The van der Waals surface area contributed by atoms with E-state index in [1.54, 1.807) is 18.6 Å². The number of nitrogens with zero attached hydrogens (tertiary/aromatic N) is 1. The number of carbonyl (C=O) groups is 3. The van der Waals surface area contributed by atoms with Crippen LogP contribution in [-0.2, 0) is 23.8 Å². The Morgan fingerprint density at radius 3 is 2.59 bits per heavy atom. The standard InChI is InChI=1S/C29H29NO9/c1-16-19-9-11-28(2)20(27(33)36-4)13-22(39-26(32)18-7-5-6-8-21(18)30(34)35)24(31)25(28)29(19,3)14-23(38-16)17-10-12-37-15-17/h5-8,10,12-13,15,19-20,23,25H,1,9,11,14H2,2-4H3/t19-,20-,23-,25-,28-,29-/m0/s1. The number of ether oxygens (including phenoxy) is 3. The van der Waals surface area contributed by atoms with E-state index in [1.807, 2.05) is 13.8 Å². The summed E-state index contributed by atoms with van der Waals surface area (Å²) < 4.78 is 22.1. The van der Waals surface area contributed by atoms with Gasteiger partial charge >= 0.3 is 11.9 Å². The van der Waals surface area contributed by atoms with Crippen molar-refractivity contribution in [2.45, 2.75) is 39.2 Å². The molecule has 1 aromatic heterocycles. The number of rotatable bonds is 5. The molecule has 204 valence electrons. The quantitative estimate of drug-likeness (QED) is 0.283. The molecule has 2 heterocycles. The van der Waals surface area contributed by atoms with Gasteiger partial charge in [0.1, 0.15) is 11.7 Å². The number of para-hydroxylation sites is 1. The van der Waals surface area contributed by atoms with Gasteiger partial charge in [-0.3, -0.25) is 19.7 Å². The lowest BCUT2D eigenvalue weighted by molar-refractivity contribution is -0.385. The fraction of sp³-hybridized carbons (Fsp3) is 0.414. The molecule has 6 atom stereocenters. The van der Waals surface area contributed by atoms with E-state index < -0.39 is 57.1 Å². The van der Waals surface area contributed by atoms with Gasteiger partial charge in [-0.2, -0.15) is 0 Å². The zero-order chi connectivity index (χ0) is 28.1. The van der Waals surface area contributed by atoms with E-state index in [-0.39, 0.29) is 17.2 Å². The number of methoxy groups -OCH3 is 1. The molecule has 1 saturated heterocycles. The van der Waals surface area contributed by atoms with Crippen LogP contribution in [0.25, 0.3) is 0 Å². The number of nitro benzene ring substituents is 1. The average molecular weight is 536 g/mol. The van der Waals surface area contributed by atoms with Crippen molar-refractivity contribution in [3.05, 3.63) is 88.3 Å². The van der Waals surface area contributed by atoms with Crippen LogP contribution >= 0.6 is 0 Å². The van der Waals surface area contributed by atoms with Crippen LogP contribution in [0.2, 0.25) is 0 Å². The van der Waals surface area contributed by atoms with Crippen LogP contribution in [0.3, 0.4) is 0 Å². The number of hydrogen-bond acceptors (Lipinski definition) is 9. The van der Waals surface area contributed by atoms with E-state index in [2.05, 4.69) is 6.58 Å². The Kier molecular flexibility index (Phi) is 6.44. The molecule has 2 aliphatic carbocycles. The van der Waals surface area contributed by atoms with Crippen LogP contribution in [0.15, 0.2) is 71.4 Å². The fourth-order valence-corrected chi connectivity index (χ4v) is 7.03. The molecule has 2 aromatic rings. The van der Waals surface area contributed by atoms with E-state index in [0.717, 1.165) is 5.56 Å². The van der Waals surface area contributed by atoms with E-state index >= 15 is 0 Å². The summed E-state index contributed by atoms with van der Waals surface area (Å²) in [5, 5.41) is 11.5. The number of ketones is 1. The van der Waals surface area contributed by atoms with E-state index in [4.69, 9.17) is 18.6 Å². The van der Waals surface area contributed by atoms with Crippen LogP contribution in [0.4, 0.5) is 5.69 Å². The second kappa shape index (κ2) is 9.52. The number of esters is 2. The molecule has 1 saturated carbocycles. The number of Topliss-reactive ketones (excluding diaryl/α,β-unsaturated/α-hetero) is 1. The number of allylic oxidation sites excluding steroid dienone is 2. The van der Waals surface area contributed by atoms with Crippen molar-refractivity contribution in [2.24, 2.45) is 28.6 Å². The van der Waals surface area contributed by atoms with Gasteiger partial charge in [-0.25, -0.2) is 4.79 Å². The highest BCUT2D eigenvalue weighted by Gasteiger charge is 2.65. The summed E-state index contributed by atoms with van der Waals surface area (Å²) in [6.07, 6.45) is 5.62. The predicted octanol–water partition coefficient (Wildman–Crippen LogP) is 5.31. The summed E-state index contributed by atoms with van der Waals surface area (Å²) in [7, 11) is 1.27. The number of furan rings is 1. The maximum atomic E-state index is 14.2. The van der Waals surface area contributed by atoms with Crippen LogP contribution in [-0.4, -0.2) is 29.8 Å². The molecule has 1 aromatic carbocycles. The van der Waals surface area contributed by atoms with Gasteiger partial charge in [-0.05, 0) is 48.3 Å². The summed E-state index contributed by atoms with van der Waals surface area (Å²) in [4.78, 5) is 51.2. The van der Waals surface area contributed by atoms with Gasteiger partial charge in [0.25, 0.3) is 5.69 Å². The highest BCUT2D eigenvalue weighted by atomic mass is 16.6. The molecule has 0 bridgehead atoms. The highest BCUT2D eigenvalue weighted by molar-refractivity contribution is 6.04. The van der Waals surface area contributed by atoms with Gasteiger partial charge in [-0.15, -0.1) is 0 Å². The number of benzene rings is 1. The third-order valence-corrected chi connectivity index (χ3v) is 8.82. The average Bonchev–Trinajstić information content (AvgIpc) is 3.44. The highest BCUT2D eigenvalue weighted by Crippen LogP contribution is 2.66. The molecule has 0 amide bonds. The van der Waals surface area contributed by atoms with Crippen molar-refractivity contribution in [2.75, 3.05) is 7.11 Å². The fourth-order valence-electron chi connectivity index (χ4n) is 7.03. The van der Waals surface area contributed by atoms with E-state index in [0.29, 0.717) is 25.0 Å². The molecule has 0 N–H and O–H groups in total. The van der Waals surface area contributed by atoms with Gasteiger partial charge in [0, 0.05) is 23.5 Å². The van der Waals surface area contributed by atoms with Crippen molar-refractivity contribution in [1.29, 1.82) is 0 Å². The molecule has 2 fully saturated rings. The first kappa shape index (κ1) is 26.4. The van der Waals surface area contributed by atoms with Gasteiger partial charge < -0.3 is 18.6 Å². The summed E-state index contributed by atoms with van der Waals surface area (Å²) in [6, 6.07) is 7.12. The largest absolute Gasteiger partial charge is 0.490 e. The second-order valence-electron chi connectivity index (χ2n) is 10.9. The van der Waals surface area contributed by atoms with Crippen LogP contribution in [0.1, 0.15) is 55.1 Å². The van der Waals surface area contributed by atoms with Crippen molar-refractivity contribution < 1.29 is 37.9 Å². The van der Waals surface area contributed by atoms with Crippen LogP contribution in [0.5, 0.6) is 0 Å². The number of nitro groups is 1. The molecule has 0 spiro atoms. The molecule has 39 heavy (non-hydrogen) atoms. The molecule has 3 aliphatic rings. The topological polar surface area (TPSA) is 135 Å². The van der Waals surface area contributed by atoms with Crippen molar-refractivity contribution in [3.63, 3.8) is 0 Å². The third kappa shape index (κ3) is 4.14. The Balaban J connectivity index is 1.58. The summed E-state index contributed by atoms with van der Waals surface area (Å²) in [6.45, 7) is 8.05. The first-order valence-electron chi connectivity index (χ1n) is 12.7. The Labute approximate surface area is 224 Å². The zero-order valence-electron chi connectivity index (χ0n) is 21.9. The SMILES string of the molecule is C=C1O[C@H](c2ccoc2)C[C@]2(C)[C@H]3C(=O)C(OC(=O)c4ccccc4[N+](=O)[O-])=C[C@@H](C(=O)OC)[C@]3(C)CC[C@@H]12. The molecular formula is C29H29NO9. The molecular weight excluding hydrogens is 506 g/mol. The normalized spacial score (nSPS) is 31.7. The summed E-state index contributed by atoms with van der Waals surface area (Å²) >= 11 is 0. The predicted molar refractivity (Wildman–Crippen MR) is 136 cm³/mol. The first-order chi connectivity index (χ1) is 18.5. The maximum Gasteiger partial charge on any atom is 0.350 e. The van der Waals surface area contributed by atoms with Gasteiger partial charge in [0.2, 0.25) is 5.78 Å². The molecule has 0 unspecified atom stereocenters. The third-order valence-electron chi connectivity index (χ3n) is 8.82. The zero-order valence-corrected chi connectivity index (χ0v) is 21.9. The number of carbonyl (C=O) groups excluding carboxylic acids is 3. The number of hydrogen-bond donors (Lipinski definition) is 0.